The number of hydrogen-bond donors (Lipinski definition) is 0. The van der Waals surface area contributed by atoms with Crippen LogP contribution in [0.3, 0.4) is 0 Å². The lowest BCUT2D eigenvalue weighted by Crippen LogP contribution is -2.39. The molecule has 1 fully saturated rings. The monoisotopic (exact) mass is 461 g/mol. The Labute approximate surface area is 200 Å². The highest BCUT2D eigenvalue weighted by Crippen LogP contribution is 2.45. The molecule has 6 heteroatoms. The third-order valence-corrected chi connectivity index (χ3v) is 6.35. The molecule has 178 valence electrons. The first-order valence-electron chi connectivity index (χ1n) is 11.9. The van der Waals surface area contributed by atoms with Crippen LogP contribution in [0, 0.1) is 5.92 Å². The Morgan fingerprint density at radius 3 is 2.59 bits per heavy atom. The number of allylic oxidation sites excluding steroid dienone is 1. The van der Waals surface area contributed by atoms with Crippen LogP contribution in [-0.2, 0) is 20.9 Å². The Morgan fingerprint density at radius 2 is 1.85 bits per heavy atom. The highest BCUT2D eigenvalue weighted by molar-refractivity contribution is 6.11. The molecule has 0 saturated heterocycles. The smallest absolute Gasteiger partial charge is 0.336 e. The molecule has 0 radical (unpaired) electrons. The minimum absolute atomic E-state index is 0.112. The van der Waals surface area contributed by atoms with Crippen LogP contribution in [0.15, 0.2) is 64.8 Å². The van der Waals surface area contributed by atoms with E-state index in [-0.39, 0.29) is 12.4 Å². The summed E-state index contributed by atoms with van der Waals surface area (Å²) in [5, 5.41) is 0. The number of carbonyl (C=O) groups excluding carboxylic acids is 2. The van der Waals surface area contributed by atoms with Gasteiger partial charge < -0.3 is 14.2 Å². The lowest BCUT2D eigenvalue weighted by Gasteiger charge is -2.35. The second-order valence-electron chi connectivity index (χ2n) is 8.70. The molecule has 4 rings (SSSR count). The molecule has 2 atom stereocenters. The largest absolute Gasteiger partial charge is 0.493 e. The van der Waals surface area contributed by atoms with Gasteiger partial charge in [-0.25, -0.2) is 4.79 Å². The summed E-state index contributed by atoms with van der Waals surface area (Å²) in [6, 6.07) is 15.2. The van der Waals surface area contributed by atoms with Crippen LogP contribution >= 0.6 is 0 Å². The summed E-state index contributed by atoms with van der Waals surface area (Å²) >= 11 is 0. The Bertz CT molecular complexity index is 1120. The summed E-state index contributed by atoms with van der Waals surface area (Å²) in [5.41, 5.74) is 3.61. The fourth-order valence-electron chi connectivity index (χ4n) is 4.76. The number of esters is 1. The van der Waals surface area contributed by atoms with Crippen molar-refractivity contribution in [1.29, 1.82) is 0 Å². The number of ether oxygens (including phenoxy) is 3. The van der Waals surface area contributed by atoms with Gasteiger partial charge in [0, 0.05) is 23.7 Å². The summed E-state index contributed by atoms with van der Waals surface area (Å²) in [6.07, 6.45) is 2.91. The first kappa shape index (κ1) is 23.7. The SMILES string of the molecule is CCCOc1ccc([C@H]2C(C(=O)OCc3ccccc3)=C(C)N=C3CCCC(=O)C32)cc1OC. The normalized spacial score (nSPS) is 19.9. The number of methoxy groups -OCH3 is 1. The first-order chi connectivity index (χ1) is 16.5. The van der Waals surface area contributed by atoms with E-state index in [2.05, 4.69) is 0 Å². The fourth-order valence-corrected chi connectivity index (χ4v) is 4.76. The van der Waals surface area contributed by atoms with Gasteiger partial charge in [-0.2, -0.15) is 0 Å². The van der Waals surface area contributed by atoms with Crippen molar-refractivity contribution in [2.45, 2.75) is 52.1 Å². The van der Waals surface area contributed by atoms with E-state index in [1.54, 1.807) is 7.11 Å². The molecule has 0 N–H and O–H groups in total. The Morgan fingerprint density at radius 1 is 1.06 bits per heavy atom. The van der Waals surface area contributed by atoms with Gasteiger partial charge in [-0.15, -0.1) is 0 Å². The average Bonchev–Trinajstić information content (AvgIpc) is 2.86. The number of nitrogens with zero attached hydrogens (tertiary/aromatic N) is 1. The summed E-state index contributed by atoms with van der Waals surface area (Å²) < 4.78 is 17.1. The van der Waals surface area contributed by atoms with E-state index in [9.17, 15) is 9.59 Å². The van der Waals surface area contributed by atoms with Gasteiger partial charge in [-0.1, -0.05) is 43.3 Å². The van der Waals surface area contributed by atoms with Crippen molar-refractivity contribution in [1.82, 2.24) is 0 Å². The topological polar surface area (TPSA) is 74.2 Å². The molecule has 1 aliphatic heterocycles. The van der Waals surface area contributed by atoms with Gasteiger partial charge in [0.15, 0.2) is 11.5 Å². The number of aliphatic imine (C=N–C) groups is 1. The van der Waals surface area contributed by atoms with Crippen LogP contribution in [-0.4, -0.2) is 31.2 Å². The van der Waals surface area contributed by atoms with Crippen molar-refractivity contribution in [2.75, 3.05) is 13.7 Å². The molecule has 1 heterocycles. The standard InChI is InChI=1S/C28H31NO5/c1-4-15-33-23-14-13-20(16-24(23)32-3)26-25(28(31)34-17-19-9-6-5-7-10-19)18(2)29-21-11-8-12-22(30)27(21)26/h5-7,9-10,13-14,16,26-27H,4,8,11-12,15,17H2,1-3H3/t26-,27?/m0/s1. The lowest BCUT2D eigenvalue weighted by molar-refractivity contribution is -0.140. The number of hydrogen-bond acceptors (Lipinski definition) is 6. The van der Waals surface area contributed by atoms with E-state index >= 15 is 0 Å². The Hall–Kier alpha value is -3.41. The highest BCUT2D eigenvalue weighted by Gasteiger charge is 2.44. The lowest BCUT2D eigenvalue weighted by atomic mass is 9.69. The summed E-state index contributed by atoms with van der Waals surface area (Å²) in [7, 11) is 1.59. The average molecular weight is 462 g/mol. The number of carbonyl (C=O) groups is 2. The molecule has 1 aliphatic carbocycles. The van der Waals surface area contributed by atoms with Crippen molar-refractivity contribution < 1.29 is 23.8 Å². The molecule has 2 aliphatic rings. The minimum Gasteiger partial charge on any atom is -0.493 e. The van der Waals surface area contributed by atoms with Gasteiger partial charge in [0.1, 0.15) is 12.4 Å². The number of benzene rings is 2. The van der Waals surface area contributed by atoms with Gasteiger partial charge in [-0.3, -0.25) is 9.79 Å². The molecule has 0 bridgehead atoms. The number of fused-ring (bicyclic) bond motifs is 1. The number of ketones is 1. The molecular formula is C28H31NO5. The second kappa shape index (κ2) is 10.7. The molecule has 34 heavy (non-hydrogen) atoms. The zero-order valence-corrected chi connectivity index (χ0v) is 20.0. The van der Waals surface area contributed by atoms with Gasteiger partial charge in [0.25, 0.3) is 0 Å². The zero-order valence-electron chi connectivity index (χ0n) is 20.0. The van der Waals surface area contributed by atoms with Crippen molar-refractivity contribution in [2.24, 2.45) is 10.9 Å². The molecule has 0 spiro atoms. The predicted octanol–water partition coefficient (Wildman–Crippen LogP) is 5.41. The van der Waals surface area contributed by atoms with Crippen LogP contribution in [0.5, 0.6) is 11.5 Å². The van der Waals surface area contributed by atoms with E-state index in [0.29, 0.717) is 35.8 Å². The van der Waals surface area contributed by atoms with Crippen molar-refractivity contribution >= 4 is 17.5 Å². The molecular weight excluding hydrogens is 430 g/mol. The zero-order chi connectivity index (χ0) is 24.1. The van der Waals surface area contributed by atoms with Crippen molar-refractivity contribution in [3.05, 3.63) is 70.9 Å². The minimum atomic E-state index is -0.474. The fraction of sp³-hybridized carbons (Fsp3) is 0.393. The number of rotatable bonds is 8. The Kier molecular flexibility index (Phi) is 7.46. The van der Waals surface area contributed by atoms with Crippen LogP contribution in [0.25, 0.3) is 0 Å². The maximum atomic E-state index is 13.4. The van der Waals surface area contributed by atoms with E-state index in [1.165, 1.54) is 0 Å². The van der Waals surface area contributed by atoms with Crippen LogP contribution in [0.4, 0.5) is 0 Å². The second-order valence-corrected chi connectivity index (χ2v) is 8.70. The highest BCUT2D eigenvalue weighted by atomic mass is 16.5. The van der Waals surface area contributed by atoms with E-state index < -0.39 is 17.8 Å². The molecule has 1 unspecified atom stereocenters. The number of Topliss-reactive ketones (excluding diaryl/α,β-unsaturated/α-hetero) is 1. The Balaban J connectivity index is 1.72. The van der Waals surface area contributed by atoms with Crippen LogP contribution in [0.2, 0.25) is 0 Å². The van der Waals surface area contributed by atoms with E-state index in [0.717, 1.165) is 36.1 Å². The quantitative estimate of drug-likeness (QED) is 0.492. The summed E-state index contributed by atoms with van der Waals surface area (Å²) in [6.45, 7) is 4.60. The van der Waals surface area contributed by atoms with Gasteiger partial charge in [-0.05, 0) is 49.4 Å². The predicted molar refractivity (Wildman–Crippen MR) is 130 cm³/mol. The maximum absolute atomic E-state index is 13.4. The van der Waals surface area contributed by atoms with Gasteiger partial charge in [0.05, 0.1) is 25.2 Å². The summed E-state index contributed by atoms with van der Waals surface area (Å²) in [5.74, 6) is -0.0601. The third kappa shape index (κ3) is 4.91. The molecule has 0 aromatic heterocycles. The van der Waals surface area contributed by atoms with E-state index in [4.69, 9.17) is 19.2 Å². The molecule has 1 saturated carbocycles. The van der Waals surface area contributed by atoms with Gasteiger partial charge >= 0.3 is 5.97 Å². The van der Waals surface area contributed by atoms with Crippen LogP contribution in [0.1, 0.15) is 56.6 Å². The van der Waals surface area contributed by atoms with Crippen molar-refractivity contribution in [3.8, 4) is 11.5 Å². The molecule has 2 aromatic rings. The van der Waals surface area contributed by atoms with E-state index in [1.807, 2.05) is 62.4 Å². The molecule has 6 nitrogen and oxygen atoms in total. The first-order valence-corrected chi connectivity index (χ1v) is 11.9. The third-order valence-electron chi connectivity index (χ3n) is 6.35. The van der Waals surface area contributed by atoms with Crippen molar-refractivity contribution in [3.63, 3.8) is 0 Å². The van der Waals surface area contributed by atoms with Crippen LogP contribution < -0.4 is 9.47 Å². The molecule has 0 amide bonds. The summed E-state index contributed by atoms with van der Waals surface area (Å²) in [4.78, 5) is 31.2. The van der Waals surface area contributed by atoms with Gasteiger partial charge in [0.2, 0.25) is 0 Å². The maximum Gasteiger partial charge on any atom is 0.336 e. The molecule has 2 aromatic carbocycles.